The van der Waals surface area contributed by atoms with E-state index in [0.29, 0.717) is 11.7 Å². The maximum Gasteiger partial charge on any atom is 0.119 e. The van der Waals surface area contributed by atoms with Gasteiger partial charge in [0.05, 0.1) is 0 Å². The first-order chi connectivity index (χ1) is 8.38. The minimum atomic E-state index is 0.495. The van der Waals surface area contributed by atoms with E-state index >= 15 is 0 Å². The number of benzene rings is 1. The second kappa shape index (κ2) is 6.68. The van der Waals surface area contributed by atoms with Crippen molar-refractivity contribution in [2.75, 3.05) is 0 Å². The number of hydrogen-bond donors (Lipinski definition) is 1. The van der Waals surface area contributed by atoms with E-state index in [1.807, 2.05) is 18.2 Å². The van der Waals surface area contributed by atoms with Crippen LogP contribution >= 0.6 is 0 Å². The quantitative estimate of drug-likeness (QED) is 0.722. The summed E-state index contributed by atoms with van der Waals surface area (Å²) < 4.78 is 0. The molecular formula is C16H24O. The second-order valence-corrected chi connectivity index (χ2v) is 5.31. The molecule has 0 radical (unpaired) electrons. The van der Waals surface area contributed by atoms with Crippen LogP contribution in [-0.4, -0.2) is 5.11 Å². The first kappa shape index (κ1) is 12.5. The summed E-state index contributed by atoms with van der Waals surface area (Å²) in [5.74, 6) is 1.07. The van der Waals surface area contributed by atoms with Gasteiger partial charge >= 0.3 is 0 Å². The van der Waals surface area contributed by atoms with Crippen LogP contribution in [0.5, 0.6) is 5.75 Å². The van der Waals surface area contributed by atoms with Crippen molar-refractivity contribution in [3.05, 3.63) is 29.8 Å². The molecule has 1 aliphatic rings. The molecule has 0 bridgehead atoms. The summed E-state index contributed by atoms with van der Waals surface area (Å²) in [6.07, 6.45) is 12.1. The van der Waals surface area contributed by atoms with Crippen LogP contribution in [0.25, 0.3) is 0 Å². The topological polar surface area (TPSA) is 20.2 Å². The minimum absolute atomic E-state index is 0.495. The first-order valence-electron chi connectivity index (χ1n) is 7.16. The summed E-state index contributed by atoms with van der Waals surface area (Å²) in [7, 11) is 0. The Labute approximate surface area is 105 Å². The molecule has 0 heterocycles. The molecule has 0 atom stereocenters. The third kappa shape index (κ3) is 3.76. The second-order valence-electron chi connectivity index (χ2n) is 5.31. The van der Waals surface area contributed by atoms with E-state index in [9.17, 15) is 5.11 Å². The Morgan fingerprint density at radius 1 is 0.765 bits per heavy atom. The molecule has 1 aromatic carbocycles. The van der Waals surface area contributed by atoms with E-state index in [2.05, 4.69) is 6.07 Å². The summed E-state index contributed by atoms with van der Waals surface area (Å²) in [4.78, 5) is 0. The highest BCUT2D eigenvalue weighted by atomic mass is 16.3. The molecule has 0 unspecified atom stereocenters. The van der Waals surface area contributed by atoms with Crippen molar-refractivity contribution in [2.24, 2.45) is 0 Å². The number of phenolic OH excluding ortho intramolecular Hbond substituents is 1. The van der Waals surface area contributed by atoms with Gasteiger partial charge in [0.1, 0.15) is 5.75 Å². The summed E-state index contributed by atoms with van der Waals surface area (Å²) in [5, 5.41) is 9.95. The van der Waals surface area contributed by atoms with Gasteiger partial charge < -0.3 is 5.11 Å². The zero-order valence-corrected chi connectivity index (χ0v) is 10.7. The zero-order chi connectivity index (χ0) is 11.9. The normalized spacial score (nSPS) is 20.0. The predicted octanol–water partition coefficient (Wildman–Crippen LogP) is 5.00. The fourth-order valence-corrected chi connectivity index (χ4v) is 2.95. The zero-order valence-electron chi connectivity index (χ0n) is 10.7. The van der Waals surface area contributed by atoms with Gasteiger partial charge in [-0.15, -0.1) is 0 Å². The van der Waals surface area contributed by atoms with Gasteiger partial charge in [0.15, 0.2) is 0 Å². The van der Waals surface area contributed by atoms with Crippen molar-refractivity contribution >= 4 is 0 Å². The number of para-hydroxylation sites is 1. The van der Waals surface area contributed by atoms with Gasteiger partial charge in [-0.3, -0.25) is 0 Å². The summed E-state index contributed by atoms with van der Waals surface area (Å²) in [5.41, 5.74) is 1.17. The molecule has 0 saturated heterocycles. The first-order valence-corrected chi connectivity index (χ1v) is 7.16. The lowest BCUT2D eigenvalue weighted by Crippen LogP contribution is -2.01. The molecule has 1 N–H and O–H groups in total. The fraction of sp³-hybridized carbons (Fsp3) is 0.625. The van der Waals surface area contributed by atoms with Gasteiger partial charge in [0.2, 0.25) is 0 Å². The van der Waals surface area contributed by atoms with Crippen LogP contribution < -0.4 is 0 Å². The number of aromatic hydroxyl groups is 1. The molecule has 1 heteroatoms. The molecule has 1 aliphatic carbocycles. The summed E-state index contributed by atoms with van der Waals surface area (Å²) in [6.45, 7) is 0. The molecule has 94 valence electrons. The number of phenols is 1. The Kier molecular flexibility index (Phi) is 4.90. The predicted molar refractivity (Wildman–Crippen MR) is 72.4 cm³/mol. The maximum atomic E-state index is 9.95. The van der Waals surface area contributed by atoms with Crippen LogP contribution in [0.2, 0.25) is 0 Å². The average molecular weight is 232 g/mol. The van der Waals surface area contributed by atoms with Crippen molar-refractivity contribution in [1.82, 2.24) is 0 Å². The molecular weight excluding hydrogens is 208 g/mol. The SMILES string of the molecule is Oc1ccccc1C1CCCCCCCCC1. The Morgan fingerprint density at radius 3 is 1.88 bits per heavy atom. The van der Waals surface area contributed by atoms with E-state index < -0.39 is 0 Å². The molecule has 1 nitrogen and oxygen atoms in total. The molecule has 0 aromatic heterocycles. The van der Waals surface area contributed by atoms with Gasteiger partial charge in [0, 0.05) is 0 Å². The van der Waals surface area contributed by atoms with Crippen molar-refractivity contribution in [3.8, 4) is 5.75 Å². The van der Waals surface area contributed by atoms with Crippen LogP contribution in [0.4, 0.5) is 0 Å². The van der Waals surface area contributed by atoms with Crippen molar-refractivity contribution in [2.45, 2.75) is 63.7 Å². The smallest absolute Gasteiger partial charge is 0.119 e. The lowest BCUT2D eigenvalue weighted by Gasteiger charge is -2.19. The third-order valence-electron chi connectivity index (χ3n) is 3.98. The lowest BCUT2D eigenvalue weighted by molar-refractivity contribution is 0.429. The molecule has 0 aliphatic heterocycles. The Morgan fingerprint density at radius 2 is 1.29 bits per heavy atom. The van der Waals surface area contributed by atoms with Gasteiger partial charge in [0.25, 0.3) is 0 Å². The Bertz CT molecular complexity index is 322. The Hall–Kier alpha value is -0.980. The highest BCUT2D eigenvalue weighted by Crippen LogP contribution is 2.34. The molecule has 1 fully saturated rings. The number of rotatable bonds is 1. The van der Waals surface area contributed by atoms with Gasteiger partial charge in [-0.25, -0.2) is 0 Å². The van der Waals surface area contributed by atoms with Crippen LogP contribution in [0.3, 0.4) is 0 Å². The summed E-state index contributed by atoms with van der Waals surface area (Å²) in [6, 6.07) is 7.90. The molecule has 1 aromatic rings. The highest BCUT2D eigenvalue weighted by Gasteiger charge is 2.15. The van der Waals surface area contributed by atoms with Gasteiger partial charge in [-0.1, -0.05) is 63.1 Å². The van der Waals surface area contributed by atoms with Crippen molar-refractivity contribution in [3.63, 3.8) is 0 Å². The van der Waals surface area contributed by atoms with Gasteiger partial charge in [-0.2, -0.15) is 0 Å². The fourth-order valence-electron chi connectivity index (χ4n) is 2.95. The van der Waals surface area contributed by atoms with Crippen molar-refractivity contribution in [1.29, 1.82) is 0 Å². The van der Waals surface area contributed by atoms with E-state index in [-0.39, 0.29) is 0 Å². The standard InChI is InChI=1S/C16H24O/c17-16-13-9-8-12-15(16)14-10-6-4-2-1-3-5-7-11-14/h8-9,12-14,17H,1-7,10-11H2. The molecule has 1 saturated carbocycles. The van der Waals surface area contributed by atoms with Crippen LogP contribution in [0, 0.1) is 0 Å². The minimum Gasteiger partial charge on any atom is -0.508 e. The van der Waals surface area contributed by atoms with Crippen LogP contribution in [-0.2, 0) is 0 Å². The number of hydrogen-bond acceptors (Lipinski definition) is 1. The van der Waals surface area contributed by atoms with Crippen molar-refractivity contribution < 1.29 is 5.11 Å². The van der Waals surface area contributed by atoms with E-state index in [4.69, 9.17) is 0 Å². The molecule has 17 heavy (non-hydrogen) atoms. The average Bonchev–Trinajstić information content (AvgIpc) is 2.37. The molecule has 0 spiro atoms. The molecule has 0 amide bonds. The maximum absolute atomic E-state index is 9.95. The van der Waals surface area contributed by atoms with Crippen LogP contribution in [0.1, 0.15) is 69.3 Å². The van der Waals surface area contributed by atoms with E-state index in [1.165, 1.54) is 63.4 Å². The van der Waals surface area contributed by atoms with Gasteiger partial charge in [-0.05, 0) is 30.4 Å². The summed E-state index contributed by atoms with van der Waals surface area (Å²) >= 11 is 0. The van der Waals surface area contributed by atoms with E-state index in [1.54, 1.807) is 0 Å². The van der Waals surface area contributed by atoms with Crippen LogP contribution in [0.15, 0.2) is 24.3 Å². The highest BCUT2D eigenvalue weighted by molar-refractivity contribution is 5.34. The lowest BCUT2D eigenvalue weighted by atomic mass is 9.86. The largest absolute Gasteiger partial charge is 0.508 e. The Balaban J connectivity index is 2.03. The molecule has 2 rings (SSSR count). The monoisotopic (exact) mass is 232 g/mol. The third-order valence-corrected chi connectivity index (χ3v) is 3.98. The van der Waals surface area contributed by atoms with E-state index in [0.717, 1.165) is 0 Å².